The molecule has 27 heavy (non-hydrogen) atoms. The fourth-order valence-electron chi connectivity index (χ4n) is 6.74. The summed E-state index contributed by atoms with van der Waals surface area (Å²) in [4.78, 5) is 2.23. The zero-order chi connectivity index (χ0) is 19.0. The molecule has 0 unspecified atom stereocenters. The highest BCUT2D eigenvalue weighted by atomic mass is 16.5. The van der Waals surface area contributed by atoms with E-state index in [1.165, 1.54) is 50.5 Å². The van der Waals surface area contributed by atoms with Gasteiger partial charge in [-0.3, -0.25) is 0 Å². The van der Waals surface area contributed by atoms with Gasteiger partial charge >= 0.3 is 0 Å². The summed E-state index contributed by atoms with van der Waals surface area (Å²) in [5, 5.41) is 0. The van der Waals surface area contributed by atoms with E-state index in [0.717, 1.165) is 36.7 Å². The lowest BCUT2D eigenvalue weighted by Crippen LogP contribution is -2.46. The van der Waals surface area contributed by atoms with Gasteiger partial charge in [-0.15, -0.1) is 0 Å². The summed E-state index contributed by atoms with van der Waals surface area (Å²) in [6.07, 6.45) is 9.64. The summed E-state index contributed by atoms with van der Waals surface area (Å²) in [7, 11) is 6.05. The maximum Gasteiger partial charge on any atom is 0.119 e. The molecule has 1 aromatic rings. The molecule has 2 saturated carbocycles. The summed E-state index contributed by atoms with van der Waals surface area (Å²) >= 11 is 0. The van der Waals surface area contributed by atoms with Crippen molar-refractivity contribution in [1.29, 1.82) is 0 Å². The van der Waals surface area contributed by atoms with Crippen LogP contribution in [0.25, 0.3) is 0 Å². The predicted molar refractivity (Wildman–Crippen MR) is 111 cm³/mol. The third-order valence-corrected chi connectivity index (χ3v) is 8.09. The van der Waals surface area contributed by atoms with Crippen molar-refractivity contribution in [2.75, 3.05) is 34.4 Å². The first-order chi connectivity index (χ1) is 13.1. The van der Waals surface area contributed by atoms with Gasteiger partial charge in [-0.25, -0.2) is 0 Å². The van der Waals surface area contributed by atoms with E-state index in [2.05, 4.69) is 44.1 Å². The third-order valence-electron chi connectivity index (χ3n) is 8.09. The number of likely N-dealkylation sites (N-methyl/N-ethyl adjacent to an activating group) is 1. The molecule has 0 N–H and O–H groups in total. The minimum absolute atomic E-state index is 0.428. The van der Waals surface area contributed by atoms with E-state index in [4.69, 9.17) is 9.47 Å². The Hall–Kier alpha value is -1.06. The van der Waals surface area contributed by atoms with Crippen LogP contribution in [0.1, 0.15) is 62.5 Å². The second-order valence-electron chi connectivity index (χ2n) is 9.35. The van der Waals surface area contributed by atoms with Crippen LogP contribution < -0.4 is 4.74 Å². The van der Waals surface area contributed by atoms with Crippen LogP contribution in [0, 0.1) is 17.3 Å². The quantitative estimate of drug-likeness (QED) is 0.711. The second kappa shape index (κ2) is 7.75. The van der Waals surface area contributed by atoms with E-state index < -0.39 is 0 Å². The van der Waals surface area contributed by atoms with Crippen LogP contribution in [-0.4, -0.2) is 45.4 Å². The first-order valence-corrected chi connectivity index (χ1v) is 11.0. The van der Waals surface area contributed by atoms with E-state index in [-0.39, 0.29) is 0 Å². The molecule has 0 bridgehead atoms. The van der Waals surface area contributed by atoms with E-state index >= 15 is 0 Å². The molecule has 0 radical (unpaired) electrons. The van der Waals surface area contributed by atoms with Crippen LogP contribution in [0.2, 0.25) is 0 Å². The summed E-state index contributed by atoms with van der Waals surface area (Å²) in [5.41, 5.74) is 3.59. The zero-order valence-electron chi connectivity index (χ0n) is 17.7. The number of rotatable bonds is 6. The van der Waals surface area contributed by atoms with Crippen molar-refractivity contribution in [2.24, 2.45) is 17.3 Å². The van der Waals surface area contributed by atoms with Gasteiger partial charge in [0.25, 0.3) is 0 Å². The molecule has 0 amide bonds. The fourth-order valence-corrected chi connectivity index (χ4v) is 6.74. The molecule has 0 heterocycles. The normalized spacial score (nSPS) is 34.9. The maximum atomic E-state index is 6.50. The lowest BCUT2D eigenvalue weighted by molar-refractivity contribution is -0.0788. The molecule has 0 aromatic heterocycles. The Morgan fingerprint density at radius 3 is 2.74 bits per heavy atom. The number of hydrogen-bond donors (Lipinski definition) is 0. The first-order valence-electron chi connectivity index (χ1n) is 11.0. The van der Waals surface area contributed by atoms with Crippen molar-refractivity contribution in [2.45, 2.75) is 63.9 Å². The van der Waals surface area contributed by atoms with Crippen molar-refractivity contribution in [3.63, 3.8) is 0 Å². The molecule has 3 heteroatoms. The van der Waals surface area contributed by atoms with Crippen molar-refractivity contribution in [3.8, 4) is 5.75 Å². The van der Waals surface area contributed by atoms with Crippen LogP contribution in [0.15, 0.2) is 18.2 Å². The van der Waals surface area contributed by atoms with Crippen molar-refractivity contribution < 1.29 is 9.47 Å². The topological polar surface area (TPSA) is 21.7 Å². The fraction of sp³-hybridized carbons (Fsp3) is 0.750. The second-order valence-corrected chi connectivity index (χ2v) is 9.35. The smallest absolute Gasteiger partial charge is 0.119 e. The Kier molecular flexibility index (Phi) is 5.53. The molecule has 1 aromatic carbocycles. The number of aryl methyl sites for hydroxylation is 1. The van der Waals surface area contributed by atoms with Crippen molar-refractivity contribution in [3.05, 3.63) is 29.3 Å². The Morgan fingerprint density at radius 2 is 2.00 bits per heavy atom. The highest BCUT2D eigenvalue weighted by molar-refractivity contribution is 5.40. The highest BCUT2D eigenvalue weighted by Gasteiger charge is 2.56. The number of hydrogen-bond acceptors (Lipinski definition) is 3. The Labute approximate surface area is 165 Å². The monoisotopic (exact) mass is 371 g/mol. The van der Waals surface area contributed by atoms with E-state index in [0.29, 0.717) is 11.5 Å². The van der Waals surface area contributed by atoms with Crippen molar-refractivity contribution >= 4 is 0 Å². The van der Waals surface area contributed by atoms with Gasteiger partial charge in [0.2, 0.25) is 0 Å². The van der Waals surface area contributed by atoms with Crippen LogP contribution >= 0.6 is 0 Å². The molecular formula is C24H37NO2. The molecule has 3 nitrogen and oxygen atoms in total. The van der Waals surface area contributed by atoms with Gasteiger partial charge in [0, 0.05) is 6.54 Å². The van der Waals surface area contributed by atoms with Gasteiger partial charge in [-0.1, -0.05) is 13.0 Å². The summed E-state index contributed by atoms with van der Waals surface area (Å²) in [6.45, 7) is 4.33. The molecule has 0 aliphatic heterocycles. The summed E-state index contributed by atoms with van der Waals surface area (Å²) in [5.74, 6) is 3.47. The van der Waals surface area contributed by atoms with Crippen LogP contribution in [0.5, 0.6) is 5.75 Å². The number of fused-ring (bicyclic) bond motifs is 5. The molecule has 150 valence electrons. The Bertz CT molecular complexity index is 658. The minimum atomic E-state index is 0.428. The SMILES string of the molecule is CC[C@]12CC[C@@H]3c4ccc(OC)cc4CC[C@H]3[C@@H]1CC[C@@H]2OCCN(C)C. The van der Waals surface area contributed by atoms with Gasteiger partial charge in [0.05, 0.1) is 19.8 Å². The maximum absolute atomic E-state index is 6.50. The van der Waals surface area contributed by atoms with Crippen LogP contribution in [-0.2, 0) is 11.2 Å². The van der Waals surface area contributed by atoms with Crippen LogP contribution in [0.3, 0.4) is 0 Å². The highest BCUT2D eigenvalue weighted by Crippen LogP contribution is 2.63. The average molecular weight is 372 g/mol. The lowest BCUT2D eigenvalue weighted by Gasteiger charge is -2.52. The molecule has 2 fully saturated rings. The first kappa shape index (κ1) is 19.3. The third kappa shape index (κ3) is 3.31. The molecule has 3 aliphatic rings. The number of ether oxygens (including phenoxy) is 2. The van der Waals surface area contributed by atoms with Gasteiger partial charge in [-0.2, -0.15) is 0 Å². The number of benzene rings is 1. The van der Waals surface area contributed by atoms with Gasteiger partial charge < -0.3 is 14.4 Å². The summed E-state index contributed by atoms with van der Waals surface area (Å²) in [6, 6.07) is 6.82. The number of nitrogens with zero attached hydrogens (tertiary/aromatic N) is 1. The molecule has 0 saturated heterocycles. The van der Waals surface area contributed by atoms with E-state index in [1.54, 1.807) is 12.7 Å². The van der Waals surface area contributed by atoms with E-state index in [9.17, 15) is 0 Å². The Balaban J connectivity index is 1.54. The standard InChI is InChI=1S/C24H37NO2/c1-5-24-13-12-20-19-9-7-18(26-4)16-17(19)6-8-21(20)22(24)10-11-23(24)27-15-14-25(2)3/h7,9,16,20-23H,5-6,8,10-15H2,1-4H3/t20-,21-,22+,23+,24+/m1/s1. The van der Waals surface area contributed by atoms with Crippen molar-refractivity contribution in [1.82, 2.24) is 4.90 Å². The molecule has 0 spiro atoms. The predicted octanol–water partition coefficient (Wildman–Crippen LogP) is 4.89. The van der Waals surface area contributed by atoms with E-state index in [1.807, 2.05) is 0 Å². The molecule has 3 aliphatic carbocycles. The lowest BCUT2D eigenvalue weighted by atomic mass is 9.54. The van der Waals surface area contributed by atoms with Gasteiger partial charge in [0.15, 0.2) is 0 Å². The number of methoxy groups -OCH3 is 1. The zero-order valence-corrected chi connectivity index (χ0v) is 17.7. The molecule has 5 atom stereocenters. The largest absolute Gasteiger partial charge is 0.497 e. The van der Waals surface area contributed by atoms with Gasteiger partial charge in [0.1, 0.15) is 5.75 Å². The minimum Gasteiger partial charge on any atom is -0.497 e. The average Bonchev–Trinajstić information content (AvgIpc) is 3.06. The van der Waals surface area contributed by atoms with Crippen LogP contribution in [0.4, 0.5) is 0 Å². The Morgan fingerprint density at radius 1 is 1.15 bits per heavy atom. The molecular weight excluding hydrogens is 334 g/mol. The molecule has 4 rings (SSSR count). The van der Waals surface area contributed by atoms with Gasteiger partial charge in [-0.05, 0) is 105 Å². The summed E-state index contributed by atoms with van der Waals surface area (Å²) < 4.78 is 12.0.